The van der Waals surface area contributed by atoms with Gasteiger partial charge in [0, 0.05) is 44.9 Å². The summed E-state index contributed by atoms with van der Waals surface area (Å²) < 4.78 is 5.63. The summed E-state index contributed by atoms with van der Waals surface area (Å²) in [5.41, 5.74) is 0. The number of anilines is 1. The van der Waals surface area contributed by atoms with Crippen LogP contribution in [0.5, 0.6) is 0 Å². The molecule has 3 heterocycles. The number of nitrogens with one attached hydrogen (secondary N) is 2. The monoisotopic (exact) mass is 368 g/mol. The summed E-state index contributed by atoms with van der Waals surface area (Å²) in [4.78, 5) is 21.5. The number of imidazole rings is 2. The summed E-state index contributed by atoms with van der Waals surface area (Å²) in [5.74, 6) is 2.74. The maximum atomic E-state index is 12.8. The van der Waals surface area contributed by atoms with Crippen LogP contribution in [-0.2, 0) is 14.1 Å². The fraction of sp³-hybridized carbons (Fsp3) is 0.444. The van der Waals surface area contributed by atoms with E-state index in [0.29, 0.717) is 23.4 Å². The normalized spacial score (nSPS) is 15.1. The van der Waals surface area contributed by atoms with Gasteiger partial charge in [0.15, 0.2) is 0 Å². The van der Waals surface area contributed by atoms with E-state index in [1.54, 1.807) is 18.6 Å². The average Bonchev–Trinajstić information content (AvgIpc) is 3.00. The number of aryl methyl sites for hydroxylation is 2. The summed E-state index contributed by atoms with van der Waals surface area (Å²) in [5, 5.41) is 10.3. The van der Waals surface area contributed by atoms with Crippen molar-refractivity contribution in [3.05, 3.63) is 48.7 Å². The first-order valence-electron chi connectivity index (χ1n) is 9.10. The third-order valence-electron chi connectivity index (χ3n) is 5.11. The number of aromatic nitrogens is 6. The van der Waals surface area contributed by atoms with E-state index in [0.717, 1.165) is 0 Å². The average molecular weight is 368 g/mol. The van der Waals surface area contributed by atoms with Gasteiger partial charge < -0.3 is 14.5 Å². The molecule has 3 aromatic heterocycles. The second-order valence-electron chi connectivity index (χ2n) is 7.06. The quantitative estimate of drug-likeness (QED) is 0.697. The van der Waals surface area contributed by atoms with Gasteiger partial charge in [0.2, 0.25) is 0 Å². The number of carbonyl (C=O) groups excluding carboxylic acids is 1. The predicted octanol–water partition coefficient (Wildman–Crippen LogP) is 2.23. The zero-order valence-corrected chi connectivity index (χ0v) is 15.7. The van der Waals surface area contributed by atoms with Crippen LogP contribution in [0.2, 0.25) is 0 Å². The zero-order valence-electron chi connectivity index (χ0n) is 15.7. The smallest absolute Gasteiger partial charge is 0.321 e. The molecule has 0 aliphatic heterocycles. The first-order valence-corrected chi connectivity index (χ1v) is 9.10. The minimum absolute atomic E-state index is 0.273. The molecule has 9 nitrogen and oxygen atoms in total. The Balaban J connectivity index is 1.54. The van der Waals surface area contributed by atoms with E-state index in [1.165, 1.54) is 12.8 Å². The molecular weight excluding hydrogens is 344 g/mol. The molecule has 1 unspecified atom stereocenters. The number of hydrogen-bond donors (Lipinski definition) is 2. The molecule has 0 radical (unpaired) electrons. The molecule has 1 atom stereocenters. The molecule has 2 amide bonds. The molecule has 3 aromatic rings. The molecule has 1 saturated carbocycles. The van der Waals surface area contributed by atoms with Crippen molar-refractivity contribution < 1.29 is 4.79 Å². The molecule has 0 spiro atoms. The van der Waals surface area contributed by atoms with Crippen molar-refractivity contribution in [2.24, 2.45) is 20.0 Å². The highest BCUT2D eigenvalue weighted by Gasteiger charge is 2.31. The highest BCUT2D eigenvalue weighted by molar-refractivity contribution is 5.88. The van der Waals surface area contributed by atoms with Crippen LogP contribution in [0.15, 0.2) is 37.1 Å². The lowest BCUT2D eigenvalue weighted by molar-refractivity contribution is 0.248. The third-order valence-corrected chi connectivity index (χ3v) is 5.11. The van der Waals surface area contributed by atoms with Gasteiger partial charge in [-0.1, -0.05) is 0 Å². The first kappa shape index (κ1) is 17.3. The number of hydrogen-bond acceptors (Lipinski definition) is 4. The van der Waals surface area contributed by atoms with E-state index in [9.17, 15) is 4.79 Å². The van der Waals surface area contributed by atoms with Crippen molar-refractivity contribution in [2.45, 2.75) is 31.8 Å². The standard InChI is InChI=1S/C18H24N8O/c1-12(13-4-5-13)26-14(6-7-21-26)22-18(27)23-15(16-19-8-10-24(16)2)17-20-9-11-25(17)3/h6-13,15H,4-5H2,1-3H3,(H2,22,23,27). The number of carbonyl (C=O) groups is 1. The van der Waals surface area contributed by atoms with Crippen LogP contribution in [0.4, 0.5) is 10.6 Å². The van der Waals surface area contributed by atoms with E-state index in [4.69, 9.17) is 0 Å². The number of rotatable bonds is 6. The van der Waals surface area contributed by atoms with Crippen molar-refractivity contribution in [1.29, 1.82) is 0 Å². The summed E-state index contributed by atoms with van der Waals surface area (Å²) in [7, 11) is 3.79. The Labute approximate surface area is 157 Å². The number of nitrogens with zero attached hydrogens (tertiary/aromatic N) is 6. The van der Waals surface area contributed by atoms with Gasteiger partial charge in [0.05, 0.1) is 12.2 Å². The lowest BCUT2D eigenvalue weighted by Crippen LogP contribution is -2.36. The Bertz CT molecular complexity index is 894. The SMILES string of the molecule is CC(C1CC1)n1nccc1NC(=O)NC(c1nccn1C)c1nccn1C. The van der Waals surface area contributed by atoms with Crippen LogP contribution in [0, 0.1) is 5.92 Å². The maximum absolute atomic E-state index is 12.8. The molecule has 4 rings (SSSR count). The fourth-order valence-electron chi connectivity index (χ4n) is 3.35. The van der Waals surface area contributed by atoms with Crippen molar-refractivity contribution in [3.8, 4) is 0 Å². The Morgan fingerprint density at radius 3 is 2.26 bits per heavy atom. The summed E-state index contributed by atoms with van der Waals surface area (Å²) >= 11 is 0. The molecule has 1 fully saturated rings. The van der Waals surface area contributed by atoms with Crippen molar-refractivity contribution in [1.82, 2.24) is 34.2 Å². The van der Waals surface area contributed by atoms with Gasteiger partial charge in [0.1, 0.15) is 23.5 Å². The number of urea groups is 1. The molecule has 0 bridgehead atoms. The topological polar surface area (TPSA) is 94.6 Å². The van der Waals surface area contributed by atoms with Gasteiger partial charge in [0.25, 0.3) is 0 Å². The third kappa shape index (κ3) is 3.44. The van der Waals surface area contributed by atoms with Gasteiger partial charge in [-0.25, -0.2) is 19.4 Å². The molecule has 9 heteroatoms. The molecule has 27 heavy (non-hydrogen) atoms. The summed E-state index contributed by atoms with van der Waals surface area (Å²) in [6, 6.07) is 1.29. The first-order chi connectivity index (χ1) is 13.0. The predicted molar refractivity (Wildman–Crippen MR) is 100 cm³/mol. The Morgan fingerprint density at radius 2 is 1.74 bits per heavy atom. The van der Waals surface area contributed by atoms with E-state index in [2.05, 4.69) is 32.6 Å². The van der Waals surface area contributed by atoms with Gasteiger partial charge in [-0.3, -0.25) is 5.32 Å². The highest BCUT2D eigenvalue weighted by Crippen LogP contribution is 2.40. The van der Waals surface area contributed by atoms with E-state index < -0.39 is 6.04 Å². The van der Waals surface area contributed by atoms with Gasteiger partial charge in [-0.15, -0.1) is 0 Å². The van der Waals surface area contributed by atoms with Gasteiger partial charge in [-0.05, 0) is 25.7 Å². The van der Waals surface area contributed by atoms with Gasteiger partial charge >= 0.3 is 6.03 Å². The fourth-order valence-corrected chi connectivity index (χ4v) is 3.35. The molecular formula is C18H24N8O. The van der Waals surface area contributed by atoms with Crippen LogP contribution >= 0.6 is 0 Å². The van der Waals surface area contributed by atoms with Crippen LogP contribution in [0.3, 0.4) is 0 Å². The van der Waals surface area contributed by atoms with E-state index in [-0.39, 0.29) is 12.1 Å². The van der Waals surface area contributed by atoms with Crippen LogP contribution in [0.1, 0.15) is 43.5 Å². The van der Waals surface area contributed by atoms with Crippen molar-refractivity contribution in [2.75, 3.05) is 5.32 Å². The van der Waals surface area contributed by atoms with Gasteiger partial charge in [-0.2, -0.15) is 5.10 Å². The summed E-state index contributed by atoms with van der Waals surface area (Å²) in [6.07, 6.45) is 11.2. The maximum Gasteiger partial charge on any atom is 0.321 e. The second kappa shape index (κ2) is 6.90. The molecule has 0 aromatic carbocycles. The largest absolute Gasteiger partial charge is 0.336 e. The number of amides is 2. The van der Waals surface area contributed by atoms with E-state index in [1.807, 2.05) is 46.4 Å². The van der Waals surface area contributed by atoms with E-state index >= 15 is 0 Å². The second-order valence-corrected chi connectivity index (χ2v) is 7.06. The molecule has 0 saturated heterocycles. The lowest BCUT2D eigenvalue weighted by Gasteiger charge is -2.20. The molecule has 2 N–H and O–H groups in total. The zero-order chi connectivity index (χ0) is 19.0. The van der Waals surface area contributed by atoms with Crippen molar-refractivity contribution in [3.63, 3.8) is 0 Å². The molecule has 1 aliphatic carbocycles. The Kier molecular flexibility index (Phi) is 4.43. The lowest BCUT2D eigenvalue weighted by atomic mass is 10.2. The minimum Gasteiger partial charge on any atom is -0.336 e. The Hall–Kier alpha value is -3.10. The van der Waals surface area contributed by atoms with Crippen molar-refractivity contribution >= 4 is 11.8 Å². The highest BCUT2D eigenvalue weighted by atomic mass is 16.2. The Morgan fingerprint density at radius 1 is 1.11 bits per heavy atom. The molecule has 142 valence electrons. The van der Waals surface area contributed by atoms with Crippen LogP contribution in [0.25, 0.3) is 0 Å². The minimum atomic E-state index is -0.470. The molecule has 1 aliphatic rings. The summed E-state index contributed by atoms with van der Waals surface area (Å²) in [6.45, 7) is 2.14. The van der Waals surface area contributed by atoms with Crippen LogP contribution < -0.4 is 10.6 Å². The van der Waals surface area contributed by atoms with Crippen LogP contribution in [-0.4, -0.2) is 34.9 Å².